The van der Waals surface area contributed by atoms with Crippen LogP contribution in [0.4, 0.5) is 11.4 Å². The van der Waals surface area contributed by atoms with Gasteiger partial charge in [-0.05, 0) is 52.1 Å². The van der Waals surface area contributed by atoms with Gasteiger partial charge in [-0.3, -0.25) is 4.98 Å². The van der Waals surface area contributed by atoms with Crippen LogP contribution in [0.5, 0.6) is 0 Å². The lowest BCUT2D eigenvalue weighted by Gasteiger charge is -2.21. The van der Waals surface area contributed by atoms with Gasteiger partial charge in [-0.2, -0.15) is 0 Å². The number of benzene rings is 1. The van der Waals surface area contributed by atoms with Crippen LogP contribution in [0.2, 0.25) is 0 Å². The number of fused-ring (bicyclic) bond motifs is 1. The van der Waals surface area contributed by atoms with E-state index >= 15 is 0 Å². The molecule has 4 heteroatoms. The summed E-state index contributed by atoms with van der Waals surface area (Å²) < 4.78 is 0. The van der Waals surface area contributed by atoms with Crippen molar-refractivity contribution in [1.29, 1.82) is 0 Å². The molecule has 2 rings (SSSR count). The zero-order valence-electron chi connectivity index (χ0n) is 12.6. The number of nitrogens with zero attached hydrogens (tertiary/aromatic N) is 2. The number of aromatic nitrogens is 1. The Morgan fingerprint density at radius 3 is 2.80 bits per heavy atom. The highest BCUT2D eigenvalue weighted by Gasteiger charge is 2.05. The van der Waals surface area contributed by atoms with Crippen molar-refractivity contribution in [2.75, 3.05) is 31.2 Å². The first-order valence-corrected chi connectivity index (χ1v) is 7.16. The van der Waals surface area contributed by atoms with Crippen LogP contribution in [0.25, 0.3) is 10.8 Å². The maximum absolute atomic E-state index is 5.98. The molecule has 0 aliphatic rings. The summed E-state index contributed by atoms with van der Waals surface area (Å²) in [7, 11) is 2.16. The molecule has 0 unspecified atom stereocenters. The van der Waals surface area contributed by atoms with Gasteiger partial charge in [0.15, 0.2) is 0 Å². The Balaban J connectivity index is 1.99. The molecule has 1 heterocycles. The van der Waals surface area contributed by atoms with E-state index in [9.17, 15) is 0 Å². The predicted molar refractivity (Wildman–Crippen MR) is 87.0 cm³/mol. The Hall–Kier alpha value is -1.81. The number of anilines is 2. The molecule has 0 amide bonds. The fourth-order valence-electron chi connectivity index (χ4n) is 2.18. The van der Waals surface area contributed by atoms with Crippen LogP contribution in [-0.4, -0.2) is 36.1 Å². The minimum atomic E-state index is 0.596. The molecule has 3 N–H and O–H groups in total. The van der Waals surface area contributed by atoms with Gasteiger partial charge < -0.3 is 16.0 Å². The Labute approximate surface area is 121 Å². The molecule has 0 radical (unpaired) electrons. The second-order valence-electron chi connectivity index (χ2n) is 5.48. The summed E-state index contributed by atoms with van der Waals surface area (Å²) >= 11 is 0. The van der Waals surface area contributed by atoms with Gasteiger partial charge in [-0.1, -0.05) is 0 Å². The highest BCUT2D eigenvalue weighted by molar-refractivity contribution is 6.00. The van der Waals surface area contributed by atoms with Crippen LogP contribution < -0.4 is 11.1 Å². The van der Waals surface area contributed by atoms with Gasteiger partial charge in [-0.25, -0.2) is 0 Å². The first-order chi connectivity index (χ1) is 9.59. The van der Waals surface area contributed by atoms with E-state index in [2.05, 4.69) is 36.1 Å². The average molecular weight is 272 g/mol. The molecule has 0 bridgehead atoms. The van der Waals surface area contributed by atoms with E-state index in [1.165, 1.54) is 0 Å². The third-order valence-electron chi connectivity index (χ3n) is 3.74. The van der Waals surface area contributed by atoms with E-state index in [4.69, 9.17) is 5.73 Å². The molecule has 0 aliphatic heterocycles. The van der Waals surface area contributed by atoms with E-state index in [0.717, 1.165) is 41.7 Å². The summed E-state index contributed by atoms with van der Waals surface area (Å²) in [6, 6.07) is 6.59. The molecule has 20 heavy (non-hydrogen) atoms. The van der Waals surface area contributed by atoms with Gasteiger partial charge in [0, 0.05) is 47.1 Å². The normalized spacial score (nSPS) is 11.4. The van der Waals surface area contributed by atoms with Crippen LogP contribution in [0.15, 0.2) is 30.6 Å². The third kappa shape index (κ3) is 3.39. The van der Waals surface area contributed by atoms with Gasteiger partial charge in [0.25, 0.3) is 0 Å². The van der Waals surface area contributed by atoms with Crippen molar-refractivity contribution in [3.05, 3.63) is 30.6 Å². The maximum atomic E-state index is 5.98. The van der Waals surface area contributed by atoms with Gasteiger partial charge >= 0.3 is 0 Å². The molecule has 0 saturated carbocycles. The molecule has 4 nitrogen and oxygen atoms in total. The minimum Gasteiger partial charge on any atom is -0.398 e. The van der Waals surface area contributed by atoms with Crippen LogP contribution >= 0.6 is 0 Å². The highest BCUT2D eigenvalue weighted by atomic mass is 15.1. The van der Waals surface area contributed by atoms with E-state index < -0.39 is 0 Å². The molecule has 0 fully saturated rings. The number of nitrogens with one attached hydrogen (secondary N) is 1. The zero-order valence-corrected chi connectivity index (χ0v) is 12.6. The third-order valence-corrected chi connectivity index (χ3v) is 3.74. The first-order valence-electron chi connectivity index (χ1n) is 7.16. The van der Waals surface area contributed by atoms with Crippen molar-refractivity contribution in [2.24, 2.45) is 0 Å². The highest BCUT2D eigenvalue weighted by Crippen LogP contribution is 2.27. The molecule has 108 valence electrons. The summed E-state index contributed by atoms with van der Waals surface area (Å²) in [6.45, 7) is 6.49. The smallest absolute Gasteiger partial charge is 0.0422 e. The summed E-state index contributed by atoms with van der Waals surface area (Å²) in [6.07, 6.45) is 4.74. The summed E-state index contributed by atoms with van der Waals surface area (Å²) in [5.74, 6) is 0. The van der Waals surface area contributed by atoms with Crippen molar-refractivity contribution in [1.82, 2.24) is 9.88 Å². The Kier molecular flexibility index (Phi) is 4.79. The molecular weight excluding hydrogens is 248 g/mol. The number of hydrogen-bond donors (Lipinski definition) is 2. The molecule has 0 spiro atoms. The van der Waals surface area contributed by atoms with Crippen molar-refractivity contribution >= 4 is 22.1 Å². The lowest BCUT2D eigenvalue weighted by Crippen LogP contribution is -2.28. The fourth-order valence-corrected chi connectivity index (χ4v) is 2.18. The minimum absolute atomic E-state index is 0.596. The van der Waals surface area contributed by atoms with Crippen molar-refractivity contribution in [3.63, 3.8) is 0 Å². The van der Waals surface area contributed by atoms with Crippen LogP contribution in [-0.2, 0) is 0 Å². The molecule has 0 aliphatic carbocycles. The van der Waals surface area contributed by atoms with Gasteiger partial charge in [-0.15, -0.1) is 0 Å². The van der Waals surface area contributed by atoms with Gasteiger partial charge in [0.2, 0.25) is 0 Å². The summed E-state index contributed by atoms with van der Waals surface area (Å²) in [5.41, 5.74) is 7.88. The predicted octanol–water partition coefficient (Wildman–Crippen LogP) is 2.96. The molecule has 1 aromatic carbocycles. The van der Waals surface area contributed by atoms with Crippen LogP contribution in [0, 0.1) is 0 Å². The average Bonchev–Trinajstić information content (AvgIpc) is 2.45. The standard InChI is InChI=1S/C16H24N4/c1-12(2)20(3)10-4-8-19-16-6-5-15(17)14-11-18-9-7-13(14)16/h5-7,9,11-12,19H,4,8,10,17H2,1-3H3. The molecular formula is C16H24N4. The van der Waals surface area contributed by atoms with E-state index in [1.807, 2.05) is 24.4 Å². The van der Waals surface area contributed by atoms with E-state index in [1.54, 1.807) is 6.20 Å². The topological polar surface area (TPSA) is 54.2 Å². The molecule has 2 aromatic rings. The number of hydrogen-bond acceptors (Lipinski definition) is 4. The lowest BCUT2D eigenvalue weighted by atomic mass is 10.1. The SMILES string of the molecule is CC(C)N(C)CCCNc1ccc(N)c2cnccc12. The Morgan fingerprint density at radius 2 is 2.05 bits per heavy atom. The number of rotatable bonds is 6. The fraction of sp³-hybridized carbons (Fsp3) is 0.438. The molecule has 1 aromatic heterocycles. The van der Waals surface area contributed by atoms with E-state index in [-0.39, 0.29) is 0 Å². The van der Waals surface area contributed by atoms with Crippen molar-refractivity contribution in [3.8, 4) is 0 Å². The van der Waals surface area contributed by atoms with Gasteiger partial charge in [0.1, 0.15) is 0 Å². The molecule has 0 atom stereocenters. The molecule has 0 saturated heterocycles. The quantitative estimate of drug-likeness (QED) is 0.627. The van der Waals surface area contributed by atoms with Crippen molar-refractivity contribution in [2.45, 2.75) is 26.3 Å². The maximum Gasteiger partial charge on any atom is 0.0422 e. The van der Waals surface area contributed by atoms with Crippen LogP contribution in [0.1, 0.15) is 20.3 Å². The number of pyridine rings is 1. The van der Waals surface area contributed by atoms with Gasteiger partial charge in [0.05, 0.1) is 0 Å². The summed E-state index contributed by atoms with van der Waals surface area (Å²) in [4.78, 5) is 6.49. The van der Waals surface area contributed by atoms with Crippen LogP contribution in [0.3, 0.4) is 0 Å². The number of nitrogen functional groups attached to an aromatic ring is 1. The monoisotopic (exact) mass is 272 g/mol. The Bertz CT molecular complexity index is 565. The largest absolute Gasteiger partial charge is 0.398 e. The van der Waals surface area contributed by atoms with Crippen molar-refractivity contribution < 1.29 is 0 Å². The second kappa shape index (κ2) is 6.57. The zero-order chi connectivity index (χ0) is 14.5. The lowest BCUT2D eigenvalue weighted by molar-refractivity contribution is 0.273. The number of nitrogens with two attached hydrogens (primary N) is 1. The Morgan fingerprint density at radius 1 is 1.25 bits per heavy atom. The first kappa shape index (κ1) is 14.6. The second-order valence-corrected chi connectivity index (χ2v) is 5.48. The summed E-state index contributed by atoms with van der Waals surface area (Å²) in [5, 5.41) is 5.65. The van der Waals surface area contributed by atoms with E-state index in [0.29, 0.717) is 6.04 Å².